The number of hydrogen-bond acceptors (Lipinski definition) is 3. The minimum Gasteiger partial charge on any atom is -0.488 e. The van der Waals surface area contributed by atoms with E-state index in [1.807, 2.05) is 31.2 Å². The number of methoxy groups -OCH3 is 1. The average Bonchev–Trinajstić information content (AvgIpc) is 2.46. The SMILES string of the molecule is COC(=O)c1ccc(OCc2ccccc2C)c(Br)c1. The molecule has 0 aliphatic rings. The Morgan fingerprint density at radius 1 is 1.20 bits per heavy atom. The molecule has 2 aromatic rings. The first-order chi connectivity index (χ1) is 9.61. The smallest absolute Gasteiger partial charge is 0.337 e. The first-order valence-electron chi connectivity index (χ1n) is 6.17. The van der Waals surface area contributed by atoms with Crippen LogP contribution in [-0.4, -0.2) is 13.1 Å². The summed E-state index contributed by atoms with van der Waals surface area (Å²) in [5, 5.41) is 0. The molecule has 0 bridgehead atoms. The largest absolute Gasteiger partial charge is 0.488 e. The van der Waals surface area contributed by atoms with Crippen LogP contribution in [-0.2, 0) is 11.3 Å². The van der Waals surface area contributed by atoms with Gasteiger partial charge < -0.3 is 9.47 Å². The molecule has 0 unspecified atom stereocenters. The van der Waals surface area contributed by atoms with Crippen LogP contribution in [0.5, 0.6) is 5.75 Å². The fourth-order valence-corrected chi connectivity index (χ4v) is 2.28. The van der Waals surface area contributed by atoms with Gasteiger partial charge in [0.25, 0.3) is 0 Å². The zero-order chi connectivity index (χ0) is 14.5. The molecular formula is C16H15BrO3. The number of aryl methyl sites for hydroxylation is 1. The van der Waals surface area contributed by atoms with Crippen LogP contribution in [0, 0.1) is 6.92 Å². The lowest BCUT2D eigenvalue weighted by atomic mass is 10.1. The maximum atomic E-state index is 11.4. The Balaban J connectivity index is 2.11. The molecule has 0 aliphatic heterocycles. The van der Waals surface area contributed by atoms with Crippen LogP contribution in [0.3, 0.4) is 0 Å². The molecule has 2 rings (SSSR count). The topological polar surface area (TPSA) is 35.5 Å². The molecule has 0 aliphatic carbocycles. The van der Waals surface area contributed by atoms with Gasteiger partial charge in [-0.25, -0.2) is 4.79 Å². The number of esters is 1. The Bertz CT molecular complexity index is 623. The highest BCUT2D eigenvalue weighted by molar-refractivity contribution is 9.10. The fourth-order valence-electron chi connectivity index (χ4n) is 1.79. The first kappa shape index (κ1) is 14.6. The number of benzene rings is 2. The van der Waals surface area contributed by atoms with Gasteiger partial charge in [0.05, 0.1) is 17.1 Å². The van der Waals surface area contributed by atoms with Gasteiger partial charge in [0.15, 0.2) is 0 Å². The van der Waals surface area contributed by atoms with E-state index in [1.165, 1.54) is 12.7 Å². The molecule has 0 heterocycles. The molecule has 20 heavy (non-hydrogen) atoms. The number of halogens is 1. The summed E-state index contributed by atoms with van der Waals surface area (Å²) in [5.41, 5.74) is 2.81. The minimum absolute atomic E-state index is 0.365. The molecule has 0 N–H and O–H groups in total. The summed E-state index contributed by atoms with van der Waals surface area (Å²) in [6, 6.07) is 13.2. The van der Waals surface area contributed by atoms with E-state index in [2.05, 4.69) is 20.7 Å². The van der Waals surface area contributed by atoms with Crippen molar-refractivity contribution in [3.05, 3.63) is 63.6 Å². The van der Waals surface area contributed by atoms with Crippen molar-refractivity contribution in [1.29, 1.82) is 0 Å². The van der Waals surface area contributed by atoms with E-state index < -0.39 is 0 Å². The van der Waals surface area contributed by atoms with Crippen molar-refractivity contribution in [2.75, 3.05) is 7.11 Å². The Morgan fingerprint density at radius 2 is 1.95 bits per heavy atom. The van der Waals surface area contributed by atoms with E-state index >= 15 is 0 Å². The number of hydrogen-bond donors (Lipinski definition) is 0. The van der Waals surface area contributed by atoms with E-state index in [0.717, 1.165) is 10.0 Å². The van der Waals surface area contributed by atoms with Crippen molar-refractivity contribution < 1.29 is 14.3 Å². The molecule has 2 aromatic carbocycles. The lowest BCUT2D eigenvalue weighted by Gasteiger charge is -2.11. The highest BCUT2D eigenvalue weighted by Gasteiger charge is 2.09. The van der Waals surface area contributed by atoms with Gasteiger partial charge in [-0.3, -0.25) is 0 Å². The van der Waals surface area contributed by atoms with Gasteiger partial charge in [-0.2, -0.15) is 0 Å². The Hall–Kier alpha value is -1.81. The lowest BCUT2D eigenvalue weighted by Crippen LogP contribution is -2.02. The zero-order valence-electron chi connectivity index (χ0n) is 11.4. The molecule has 4 heteroatoms. The van der Waals surface area contributed by atoms with Crippen LogP contribution in [0.4, 0.5) is 0 Å². The maximum absolute atomic E-state index is 11.4. The third kappa shape index (κ3) is 3.39. The molecule has 3 nitrogen and oxygen atoms in total. The van der Waals surface area contributed by atoms with Crippen LogP contribution in [0.15, 0.2) is 46.9 Å². The van der Waals surface area contributed by atoms with Gasteiger partial charge in [0.1, 0.15) is 12.4 Å². The quantitative estimate of drug-likeness (QED) is 0.789. The summed E-state index contributed by atoms with van der Waals surface area (Å²) in [6.07, 6.45) is 0. The monoisotopic (exact) mass is 334 g/mol. The number of rotatable bonds is 4. The summed E-state index contributed by atoms with van der Waals surface area (Å²) in [6.45, 7) is 2.54. The van der Waals surface area contributed by atoms with Gasteiger partial charge in [-0.1, -0.05) is 24.3 Å². The van der Waals surface area contributed by atoms with E-state index in [1.54, 1.807) is 18.2 Å². The van der Waals surface area contributed by atoms with Crippen LogP contribution >= 0.6 is 15.9 Å². The molecule has 0 saturated carbocycles. The molecule has 0 aromatic heterocycles. The van der Waals surface area contributed by atoms with Crippen molar-refractivity contribution in [2.24, 2.45) is 0 Å². The van der Waals surface area contributed by atoms with Gasteiger partial charge >= 0.3 is 5.97 Å². The Kier molecular flexibility index (Phi) is 4.79. The second kappa shape index (κ2) is 6.57. The highest BCUT2D eigenvalue weighted by atomic mass is 79.9. The van der Waals surface area contributed by atoms with E-state index in [9.17, 15) is 4.79 Å². The molecule has 0 saturated heterocycles. The number of ether oxygens (including phenoxy) is 2. The third-order valence-corrected chi connectivity index (χ3v) is 3.62. The summed E-state index contributed by atoms with van der Waals surface area (Å²) in [7, 11) is 1.36. The van der Waals surface area contributed by atoms with Gasteiger partial charge in [-0.15, -0.1) is 0 Å². The highest BCUT2D eigenvalue weighted by Crippen LogP contribution is 2.27. The molecule has 0 radical (unpaired) electrons. The summed E-state index contributed by atoms with van der Waals surface area (Å²) in [4.78, 5) is 11.4. The molecule has 0 atom stereocenters. The molecule has 0 spiro atoms. The summed E-state index contributed by atoms with van der Waals surface area (Å²) < 4.78 is 11.2. The maximum Gasteiger partial charge on any atom is 0.337 e. The summed E-state index contributed by atoms with van der Waals surface area (Å²) >= 11 is 3.40. The minimum atomic E-state index is -0.365. The van der Waals surface area contributed by atoms with E-state index in [0.29, 0.717) is 17.9 Å². The van der Waals surface area contributed by atoms with Crippen molar-refractivity contribution in [3.63, 3.8) is 0 Å². The van der Waals surface area contributed by atoms with Crippen LogP contribution in [0.1, 0.15) is 21.5 Å². The van der Waals surface area contributed by atoms with Crippen LogP contribution < -0.4 is 4.74 Å². The third-order valence-electron chi connectivity index (χ3n) is 3.00. The lowest BCUT2D eigenvalue weighted by molar-refractivity contribution is 0.0600. The van der Waals surface area contributed by atoms with Gasteiger partial charge in [-0.05, 0) is 52.2 Å². The normalized spacial score (nSPS) is 10.2. The second-order valence-electron chi connectivity index (χ2n) is 4.35. The Labute approximate surface area is 126 Å². The average molecular weight is 335 g/mol. The van der Waals surface area contributed by atoms with Gasteiger partial charge in [0, 0.05) is 0 Å². The fraction of sp³-hybridized carbons (Fsp3) is 0.188. The Morgan fingerprint density at radius 3 is 2.60 bits per heavy atom. The van der Waals surface area contributed by atoms with Crippen LogP contribution in [0.25, 0.3) is 0 Å². The molecule has 104 valence electrons. The predicted octanol–water partition coefficient (Wildman–Crippen LogP) is 4.12. The summed E-state index contributed by atoms with van der Waals surface area (Å²) in [5.74, 6) is 0.331. The van der Waals surface area contributed by atoms with E-state index in [-0.39, 0.29) is 5.97 Å². The van der Waals surface area contributed by atoms with Crippen molar-refractivity contribution in [1.82, 2.24) is 0 Å². The van der Waals surface area contributed by atoms with E-state index in [4.69, 9.17) is 4.74 Å². The van der Waals surface area contributed by atoms with Crippen LogP contribution in [0.2, 0.25) is 0 Å². The molecular weight excluding hydrogens is 320 g/mol. The van der Waals surface area contributed by atoms with Crippen molar-refractivity contribution in [2.45, 2.75) is 13.5 Å². The molecule has 0 fully saturated rings. The molecule has 0 amide bonds. The zero-order valence-corrected chi connectivity index (χ0v) is 12.9. The van der Waals surface area contributed by atoms with Gasteiger partial charge in [0.2, 0.25) is 0 Å². The standard InChI is InChI=1S/C16H15BrO3/c1-11-5-3-4-6-13(11)10-20-15-8-7-12(9-14(15)17)16(18)19-2/h3-9H,10H2,1-2H3. The van der Waals surface area contributed by atoms with Crippen molar-refractivity contribution >= 4 is 21.9 Å². The first-order valence-corrected chi connectivity index (χ1v) is 6.96. The number of carbonyl (C=O) groups is 1. The van der Waals surface area contributed by atoms with Crippen molar-refractivity contribution in [3.8, 4) is 5.75 Å². The predicted molar refractivity (Wildman–Crippen MR) is 81.0 cm³/mol. The number of carbonyl (C=O) groups excluding carboxylic acids is 1. The second-order valence-corrected chi connectivity index (χ2v) is 5.21.